The Balaban J connectivity index is 1.71. The van der Waals surface area contributed by atoms with Crippen molar-refractivity contribution in [1.82, 2.24) is 4.90 Å². The van der Waals surface area contributed by atoms with E-state index in [9.17, 15) is 24.4 Å². The van der Waals surface area contributed by atoms with E-state index in [2.05, 4.69) is 0 Å². The summed E-state index contributed by atoms with van der Waals surface area (Å²) in [6, 6.07) is 15.7. The molecule has 0 aromatic heterocycles. The van der Waals surface area contributed by atoms with Gasteiger partial charge in [-0.1, -0.05) is 43.3 Å². The molecule has 32 heavy (non-hydrogen) atoms. The number of aliphatic hydroxyl groups is 1. The van der Waals surface area contributed by atoms with Gasteiger partial charge in [0.05, 0.1) is 18.1 Å². The minimum Gasteiger partial charge on any atom is -0.476 e. The van der Waals surface area contributed by atoms with Gasteiger partial charge in [0.2, 0.25) is 5.91 Å². The summed E-state index contributed by atoms with van der Waals surface area (Å²) >= 11 is 0. The molecule has 1 fully saturated rings. The molecule has 168 valence electrons. The SMILES string of the molecule is C[C@@H](O)[C@H]1C(=O)N2C(C(=O)O)=C(OP(=O)(Oc3ccccc3)Oc3ccccc3)[C@H](C)[C@H]12. The molecule has 0 spiro atoms. The maximum Gasteiger partial charge on any atom is 0.646 e. The molecule has 4 rings (SSSR count). The fraction of sp³-hybridized carbons (Fsp3) is 0.273. The molecular formula is C22H22NO8P. The zero-order chi connectivity index (χ0) is 23.0. The predicted molar refractivity (Wildman–Crippen MR) is 112 cm³/mol. The van der Waals surface area contributed by atoms with Crippen LogP contribution in [0.3, 0.4) is 0 Å². The molecule has 10 heteroatoms. The Labute approximate surface area is 184 Å². The van der Waals surface area contributed by atoms with Crippen molar-refractivity contribution in [2.75, 3.05) is 0 Å². The van der Waals surface area contributed by atoms with Crippen LogP contribution < -0.4 is 9.05 Å². The van der Waals surface area contributed by atoms with Gasteiger partial charge in [0, 0.05) is 5.92 Å². The Hall–Kier alpha value is -3.29. The van der Waals surface area contributed by atoms with E-state index in [0.717, 1.165) is 4.90 Å². The van der Waals surface area contributed by atoms with E-state index in [1.165, 1.54) is 6.92 Å². The van der Waals surface area contributed by atoms with Crippen molar-refractivity contribution in [3.8, 4) is 11.5 Å². The molecule has 4 atom stereocenters. The number of carbonyl (C=O) groups excluding carboxylic acids is 1. The lowest BCUT2D eigenvalue weighted by Gasteiger charge is -2.45. The second-order valence-corrected chi connectivity index (χ2v) is 9.06. The number of fused-ring (bicyclic) bond motifs is 1. The number of benzene rings is 2. The Morgan fingerprint density at radius 2 is 1.50 bits per heavy atom. The smallest absolute Gasteiger partial charge is 0.476 e. The summed E-state index contributed by atoms with van der Waals surface area (Å²) in [5.74, 6) is -3.22. The van der Waals surface area contributed by atoms with Gasteiger partial charge in [-0.2, -0.15) is 4.57 Å². The number of hydrogen-bond donors (Lipinski definition) is 2. The molecule has 0 aliphatic carbocycles. The van der Waals surface area contributed by atoms with Crippen LogP contribution in [0.2, 0.25) is 0 Å². The lowest BCUT2D eigenvalue weighted by molar-refractivity contribution is -0.163. The number of carboxylic acids is 1. The molecule has 2 aliphatic heterocycles. The van der Waals surface area contributed by atoms with Crippen LogP contribution in [0.1, 0.15) is 13.8 Å². The van der Waals surface area contributed by atoms with E-state index < -0.39 is 49.4 Å². The molecule has 0 saturated carbocycles. The summed E-state index contributed by atoms with van der Waals surface area (Å²) < 4.78 is 30.5. The molecule has 0 radical (unpaired) electrons. The highest BCUT2D eigenvalue weighted by molar-refractivity contribution is 7.49. The Bertz CT molecular complexity index is 1060. The van der Waals surface area contributed by atoms with Crippen molar-refractivity contribution in [3.63, 3.8) is 0 Å². The zero-order valence-electron chi connectivity index (χ0n) is 17.3. The van der Waals surface area contributed by atoms with Crippen LogP contribution in [-0.4, -0.2) is 39.1 Å². The Morgan fingerprint density at radius 3 is 1.94 bits per heavy atom. The third-order valence-electron chi connectivity index (χ3n) is 5.44. The van der Waals surface area contributed by atoms with Gasteiger partial charge in [-0.05, 0) is 31.2 Å². The second kappa shape index (κ2) is 8.33. The van der Waals surface area contributed by atoms with E-state index in [1.54, 1.807) is 67.6 Å². The highest BCUT2D eigenvalue weighted by Gasteiger charge is 2.62. The first-order chi connectivity index (χ1) is 15.2. The van der Waals surface area contributed by atoms with E-state index in [0.29, 0.717) is 0 Å². The molecular weight excluding hydrogens is 437 g/mol. The van der Waals surface area contributed by atoms with E-state index in [1.807, 2.05) is 0 Å². The second-order valence-electron chi connectivity index (χ2n) is 7.62. The van der Waals surface area contributed by atoms with Crippen molar-refractivity contribution >= 4 is 19.7 Å². The summed E-state index contributed by atoms with van der Waals surface area (Å²) in [5, 5.41) is 19.8. The van der Waals surface area contributed by atoms with Crippen molar-refractivity contribution in [2.24, 2.45) is 11.8 Å². The molecule has 2 aromatic carbocycles. The van der Waals surface area contributed by atoms with Gasteiger partial charge >= 0.3 is 13.8 Å². The Morgan fingerprint density at radius 1 is 1.00 bits per heavy atom. The number of aliphatic hydroxyl groups excluding tert-OH is 1. The molecule has 9 nitrogen and oxygen atoms in total. The van der Waals surface area contributed by atoms with Gasteiger partial charge < -0.3 is 23.8 Å². The first-order valence-electron chi connectivity index (χ1n) is 9.99. The molecule has 2 aliphatic rings. The average molecular weight is 459 g/mol. The number of amides is 1. The van der Waals surface area contributed by atoms with Crippen LogP contribution >= 0.6 is 7.82 Å². The van der Waals surface area contributed by atoms with Gasteiger partial charge in [0.1, 0.15) is 17.3 Å². The van der Waals surface area contributed by atoms with Crippen LogP contribution in [0.4, 0.5) is 0 Å². The lowest BCUT2D eigenvalue weighted by Crippen LogP contribution is -2.63. The normalized spacial score (nSPS) is 23.3. The summed E-state index contributed by atoms with van der Waals surface area (Å²) in [6.07, 6.45) is -0.978. The summed E-state index contributed by atoms with van der Waals surface area (Å²) in [5.41, 5.74) is -0.432. The minimum atomic E-state index is -4.44. The summed E-state index contributed by atoms with van der Waals surface area (Å²) in [7, 11) is -4.44. The third kappa shape index (κ3) is 3.85. The monoisotopic (exact) mass is 459 g/mol. The molecule has 2 N–H and O–H groups in total. The number of carboxylic acid groups (broad SMARTS) is 1. The number of hydrogen-bond acceptors (Lipinski definition) is 7. The van der Waals surface area contributed by atoms with Crippen molar-refractivity contribution in [1.29, 1.82) is 0 Å². The maximum absolute atomic E-state index is 13.7. The highest BCUT2D eigenvalue weighted by Crippen LogP contribution is 2.56. The van der Waals surface area contributed by atoms with Gasteiger partial charge in [-0.3, -0.25) is 9.69 Å². The Kier molecular flexibility index (Phi) is 5.71. The number of phosphoric acid groups is 1. The first-order valence-corrected chi connectivity index (χ1v) is 11.5. The van der Waals surface area contributed by atoms with Crippen LogP contribution in [0.25, 0.3) is 0 Å². The molecule has 1 saturated heterocycles. The largest absolute Gasteiger partial charge is 0.646 e. The molecule has 1 amide bonds. The maximum atomic E-state index is 13.7. The number of aliphatic carboxylic acids is 1. The van der Waals surface area contributed by atoms with E-state index >= 15 is 0 Å². The van der Waals surface area contributed by atoms with Crippen LogP contribution in [0, 0.1) is 11.8 Å². The van der Waals surface area contributed by atoms with Gasteiger partial charge in [0.25, 0.3) is 0 Å². The van der Waals surface area contributed by atoms with Crippen LogP contribution in [0.5, 0.6) is 11.5 Å². The van der Waals surface area contributed by atoms with Crippen LogP contribution in [-0.2, 0) is 18.7 Å². The number of β-lactam (4-membered cyclic amide) rings is 1. The summed E-state index contributed by atoms with van der Waals surface area (Å²) in [4.78, 5) is 25.6. The van der Waals surface area contributed by atoms with Crippen molar-refractivity contribution in [3.05, 3.63) is 72.1 Å². The molecule has 2 aromatic rings. The molecule has 0 unspecified atom stereocenters. The number of rotatable bonds is 8. The first kappa shape index (κ1) is 21.9. The standard InChI is InChI=1S/C22H22NO8P/c1-13-18-17(14(2)24)21(25)23(18)19(22(26)27)20(13)31-32(28,29-15-9-5-3-6-10-15)30-16-11-7-4-8-12-16/h3-14,17-18,24H,1-2H3,(H,26,27)/t13-,14-,17-,18-/m1/s1. The predicted octanol–water partition coefficient (Wildman–Crippen LogP) is 3.42. The van der Waals surface area contributed by atoms with Gasteiger partial charge in [-0.25, -0.2) is 4.79 Å². The number of nitrogens with zero attached hydrogens (tertiary/aromatic N) is 1. The zero-order valence-corrected chi connectivity index (χ0v) is 18.2. The number of para-hydroxylation sites is 2. The number of carbonyl (C=O) groups is 2. The average Bonchev–Trinajstić information content (AvgIpc) is 2.97. The third-order valence-corrected chi connectivity index (χ3v) is 6.73. The number of phosphoric ester groups is 1. The van der Waals surface area contributed by atoms with Crippen LogP contribution in [0.15, 0.2) is 72.1 Å². The van der Waals surface area contributed by atoms with Crippen molar-refractivity contribution in [2.45, 2.75) is 26.0 Å². The highest BCUT2D eigenvalue weighted by atomic mass is 31.2. The fourth-order valence-corrected chi connectivity index (χ4v) is 5.40. The minimum absolute atomic E-state index is 0.191. The van der Waals surface area contributed by atoms with E-state index in [4.69, 9.17) is 13.6 Å². The lowest BCUT2D eigenvalue weighted by atomic mass is 9.79. The molecule has 2 heterocycles. The molecule has 0 bridgehead atoms. The van der Waals surface area contributed by atoms with Gasteiger partial charge in [-0.15, -0.1) is 0 Å². The van der Waals surface area contributed by atoms with Crippen molar-refractivity contribution < 1.29 is 37.9 Å². The summed E-state index contributed by atoms with van der Waals surface area (Å²) in [6.45, 7) is 3.11. The fourth-order valence-electron chi connectivity index (χ4n) is 4.04. The quantitative estimate of drug-likeness (QED) is 0.455. The topological polar surface area (TPSA) is 123 Å². The van der Waals surface area contributed by atoms with Gasteiger partial charge in [0.15, 0.2) is 5.70 Å². The van der Waals surface area contributed by atoms with E-state index in [-0.39, 0.29) is 17.3 Å².